The fourth-order valence-corrected chi connectivity index (χ4v) is 2.85. The maximum absolute atomic E-state index is 12.6. The molecule has 0 saturated carbocycles. The van der Waals surface area contributed by atoms with E-state index < -0.39 is 0 Å². The van der Waals surface area contributed by atoms with Gasteiger partial charge in [0.1, 0.15) is 5.82 Å². The summed E-state index contributed by atoms with van der Waals surface area (Å²) in [7, 11) is 0. The number of anilines is 2. The third kappa shape index (κ3) is 3.71. The van der Waals surface area contributed by atoms with Crippen molar-refractivity contribution in [1.82, 2.24) is 4.98 Å². The lowest BCUT2D eigenvalue weighted by Gasteiger charge is -2.29. The van der Waals surface area contributed by atoms with Crippen molar-refractivity contribution in [3.05, 3.63) is 52.1 Å². The first kappa shape index (κ1) is 16.0. The first-order valence-electron chi connectivity index (χ1n) is 7.50. The zero-order valence-corrected chi connectivity index (χ0v) is 14.5. The van der Waals surface area contributed by atoms with E-state index in [0.717, 1.165) is 28.8 Å². The van der Waals surface area contributed by atoms with Crippen molar-refractivity contribution in [2.24, 2.45) is 0 Å². The van der Waals surface area contributed by atoms with Crippen molar-refractivity contribution >= 4 is 33.3 Å². The molecule has 23 heavy (non-hydrogen) atoms. The van der Waals surface area contributed by atoms with Gasteiger partial charge in [0.2, 0.25) is 0 Å². The number of amides is 1. The van der Waals surface area contributed by atoms with Gasteiger partial charge in [-0.3, -0.25) is 4.79 Å². The summed E-state index contributed by atoms with van der Waals surface area (Å²) in [6, 6.07) is 9.34. The molecule has 2 heterocycles. The van der Waals surface area contributed by atoms with Gasteiger partial charge in [0, 0.05) is 29.4 Å². The van der Waals surface area contributed by atoms with Crippen LogP contribution in [0.2, 0.25) is 0 Å². The first-order chi connectivity index (χ1) is 11.1. The number of halogens is 1. The molecule has 0 atom stereocenters. The number of hydrogen-bond acceptors (Lipinski definition) is 4. The molecule has 1 aliphatic heterocycles. The number of pyridine rings is 1. The molecule has 3 rings (SSSR count). The highest BCUT2D eigenvalue weighted by molar-refractivity contribution is 9.10. The Balaban J connectivity index is 1.83. The normalized spacial score (nSPS) is 14.6. The van der Waals surface area contributed by atoms with E-state index in [4.69, 9.17) is 4.74 Å². The lowest BCUT2D eigenvalue weighted by atomic mass is 10.2. The average molecular weight is 376 g/mol. The molecule has 1 saturated heterocycles. The number of nitrogens with one attached hydrogen (secondary N) is 1. The van der Waals surface area contributed by atoms with Gasteiger partial charge in [0.25, 0.3) is 5.91 Å². The molecule has 1 aromatic heterocycles. The second kappa shape index (κ2) is 7.10. The molecule has 0 aliphatic carbocycles. The summed E-state index contributed by atoms with van der Waals surface area (Å²) in [5.74, 6) is 0.551. The van der Waals surface area contributed by atoms with E-state index >= 15 is 0 Å². The molecule has 6 heteroatoms. The molecule has 1 aromatic carbocycles. The van der Waals surface area contributed by atoms with E-state index in [1.54, 1.807) is 18.3 Å². The molecule has 1 aliphatic rings. The molecule has 2 aromatic rings. The standard InChI is InChI=1S/C17H18BrN3O2/c1-12-4-5-13(11-15(12)18)20-17(22)14-3-2-6-19-16(14)21-7-9-23-10-8-21/h2-6,11H,7-10H2,1H3,(H,20,22). The average Bonchev–Trinajstić information content (AvgIpc) is 2.59. The predicted octanol–water partition coefficient (Wildman–Crippen LogP) is 3.24. The molecular formula is C17H18BrN3O2. The minimum atomic E-state index is -0.157. The van der Waals surface area contributed by atoms with Gasteiger partial charge < -0.3 is 15.0 Å². The highest BCUT2D eigenvalue weighted by Gasteiger charge is 2.20. The Labute approximate surface area is 143 Å². The first-order valence-corrected chi connectivity index (χ1v) is 8.29. The van der Waals surface area contributed by atoms with Crippen LogP contribution in [0.25, 0.3) is 0 Å². The van der Waals surface area contributed by atoms with Crippen molar-refractivity contribution in [2.75, 3.05) is 36.5 Å². The molecule has 120 valence electrons. The number of aryl methyl sites for hydroxylation is 1. The van der Waals surface area contributed by atoms with E-state index in [-0.39, 0.29) is 5.91 Å². The number of rotatable bonds is 3. The molecule has 0 unspecified atom stereocenters. The maximum atomic E-state index is 12.6. The number of benzene rings is 1. The maximum Gasteiger partial charge on any atom is 0.259 e. The smallest absolute Gasteiger partial charge is 0.259 e. The lowest BCUT2D eigenvalue weighted by molar-refractivity contribution is 0.102. The van der Waals surface area contributed by atoms with E-state index in [9.17, 15) is 4.79 Å². The second-order valence-corrected chi connectivity index (χ2v) is 6.25. The van der Waals surface area contributed by atoms with Crippen LogP contribution < -0.4 is 10.2 Å². The Morgan fingerprint density at radius 1 is 1.30 bits per heavy atom. The molecule has 0 radical (unpaired) electrons. The third-order valence-electron chi connectivity index (χ3n) is 3.77. The summed E-state index contributed by atoms with van der Waals surface area (Å²) in [5.41, 5.74) is 2.45. The highest BCUT2D eigenvalue weighted by atomic mass is 79.9. The fourth-order valence-electron chi connectivity index (χ4n) is 2.47. The zero-order valence-electron chi connectivity index (χ0n) is 12.9. The highest BCUT2D eigenvalue weighted by Crippen LogP contribution is 2.23. The third-order valence-corrected chi connectivity index (χ3v) is 4.63. The minimum Gasteiger partial charge on any atom is -0.378 e. The summed E-state index contributed by atoms with van der Waals surface area (Å²) in [6.07, 6.45) is 1.71. The quantitative estimate of drug-likeness (QED) is 0.894. The van der Waals surface area contributed by atoms with Gasteiger partial charge in [-0.15, -0.1) is 0 Å². The number of nitrogens with zero attached hydrogens (tertiary/aromatic N) is 2. The Kier molecular flexibility index (Phi) is 4.93. The molecule has 1 N–H and O–H groups in total. The van der Waals surface area contributed by atoms with E-state index in [1.165, 1.54) is 0 Å². The van der Waals surface area contributed by atoms with Crippen molar-refractivity contribution in [3.63, 3.8) is 0 Å². The van der Waals surface area contributed by atoms with E-state index in [0.29, 0.717) is 24.6 Å². The molecule has 0 spiro atoms. The van der Waals surface area contributed by atoms with Crippen molar-refractivity contribution < 1.29 is 9.53 Å². The summed E-state index contributed by atoms with van der Waals surface area (Å²) in [6.45, 7) is 4.80. The van der Waals surface area contributed by atoms with Gasteiger partial charge in [-0.2, -0.15) is 0 Å². The predicted molar refractivity (Wildman–Crippen MR) is 94.1 cm³/mol. The number of ether oxygens (including phenoxy) is 1. The van der Waals surface area contributed by atoms with Crippen LogP contribution in [0.4, 0.5) is 11.5 Å². The van der Waals surface area contributed by atoms with Crippen molar-refractivity contribution in [3.8, 4) is 0 Å². The van der Waals surface area contributed by atoms with Gasteiger partial charge in [-0.25, -0.2) is 4.98 Å². The van der Waals surface area contributed by atoms with Gasteiger partial charge in [-0.1, -0.05) is 22.0 Å². The minimum absolute atomic E-state index is 0.157. The fraction of sp³-hybridized carbons (Fsp3) is 0.294. The number of carbonyl (C=O) groups is 1. The second-order valence-electron chi connectivity index (χ2n) is 5.39. The molecule has 0 bridgehead atoms. The van der Waals surface area contributed by atoms with Crippen LogP contribution in [0.1, 0.15) is 15.9 Å². The number of morpholine rings is 1. The number of carbonyl (C=O) groups excluding carboxylic acids is 1. The Bertz CT molecular complexity index is 715. The summed E-state index contributed by atoms with van der Waals surface area (Å²) in [5, 5.41) is 2.94. The van der Waals surface area contributed by atoms with Crippen LogP contribution in [0.5, 0.6) is 0 Å². The Morgan fingerprint density at radius 2 is 2.09 bits per heavy atom. The Hall–Kier alpha value is -1.92. The van der Waals surface area contributed by atoms with Crippen LogP contribution >= 0.6 is 15.9 Å². The SMILES string of the molecule is Cc1ccc(NC(=O)c2cccnc2N2CCOCC2)cc1Br. The van der Waals surface area contributed by atoms with E-state index in [2.05, 4.69) is 31.1 Å². The van der Waals surface area contributed by atoms with Crippen molar-refractivity contribution in [1.29, 1.82) is 0 Å². The number of aromatic nitrogens is 1. The molecular weight excluding hydrogens is 358 g/mol. The largest absolute Gasteiger partial charge is 0.378 e. The monoisotopic (exact) mass is 375 g/mol. The molecule has 5 nitrogen and oxygen atoms in total. The zero-order chi connectivity index (χ0) is 16.2. The topological polar surface area (TPSA) is 54.5 Å². The van der Waals surface area contributed by atoms with Gasteiger partial charge >= 0.3 is 0 Å². The van der Waals surface area contributed by atoms with Gasteiger partial charge in [0.15, 0.2) is 0 Å². The summed E-state index contributed by atoms with van der Waals surface area (Å²) < 4.78 is 6.33. The molecule has 1 amide bonds. The molecule has 1 fully saturated rings. The van der Waals surface area contributed by atoms with Crippen LogP contribution in [0, 0.1) is 6.92 Å². The van der Waals surface area contributed by atoms with Crippen molar-refractivity contribution in [2.45, 2.75) is 6.92 Å². The summed E-state index contributed by atoms with van der Waals surface area (Å²) in [4.78, 5) is 19.1. The van der Waals surface area contributed by atoms with Gasteiger partial charge in [0.05, 0.1) is 18.8 Å². The van der Waals surface area contributed by atoms with Crippen LogP contribution in [-0.4, -0.2) is 37.2 Å². The lowest BCUT2D eigenvalue weighted by Crippen LogP contribution is -2.38. The number of hydrogen-bond donors (Lipinski definition) is 1. The summed E-state index contributed by atoms with van der Waals surface area (Å²) >= 11 is 3.48. The van der Waals surface area contributed by atoms with Gasteiger partial charge in [-0.05, 0) is 36.8 Å². The van der Waals surface area contributed by atoms with Crippen LogP contribution in [0.15, 0.2) is 41.0 Å². The van der Waals surface area contributed by atoms with E-state index in [1.807, 2.05) is 25.1 Å². The van der Waals surface area contributed by atoms with Crippen LogP contribution in [-0.2, 0) is 4.74 Å². The Morgan fingerprint density at radius 3 is 2.83 bits per heavy atom. The van der Waals surface area contributed by atoms with Crippen LogP contribution in [0.3, 0.4) is 0 Å².